The molecule has 3 heteroatoms. The maximum Gasteiger partial charge on any atom is 0.352 e. The average Bonchev–Trinajstić information content (AvgIpc) is 2.40. The Morgan fingerprint density at radius 3 is 2.00 bits per heavy atom. The summed E-state index contributed by atoms with van der Waals surface area (Å²) in [7, 11) is 0. The molecule has 0 aliphatic rings. The van der Waals surface area contributed by atoms with Gasteiger partial charge in [0.05, 0.1) is 0 Å². The van der Waals surface area contributed by atoms with Crippen molar-refractivity contribution in [2.75, 3.05) is 0 Å². The van der Waals surface area contributed by atoms with Crippen molar-refractivity contribution in [2.45, 2.75) is 12.5 Å². The van der Waals surface area contributed by atoms with Gasteiger partial charge in [-0.05, 0) is 19.1 Å². The van der Waals surface area contributed by atoms with Gasteiger partial charge in [-0.15, -0.1) is 0 Å². The van der Waals surface area contributed by atoms with Gasteiger partial charge in [-0.2, -0.15) is 0 Å². The molecule has 1 N–H and O–H groups in total. The summed E-state index contributed by atoms with van der Waals surface area (Å²) in [5, 5.41) is 9.42. The molecule has 0 spiro atoms. The van der Waals surface area contributed by atoms with Gasteiger partial charge in [0.25, 0.3) is 0 Å². The molecule has 0 saturated heterocycles. The fourth-order valence-electron chi connectivity index (χ4n) is 1.71. The smallest absolute Gasteiger partial charge is 0.352 e. The molecule has 0 bridgehead atoms. The second kappa shape index (κ2) is 4.92. The molecule has 0 radical (unpaired) electrons. The van der Waals surface area contributed by atoms with Crippen molar-refractivity contribution in [3.05, 3.63) is 66.2 Å². The number of aliphatic carboxylic acids is 1. The molecular weight excluding hydrogens is 228 g/mol. The van der Waals surface area contributed by atoms with Gasteiger partial charge >= 0.3 is 5.97 Å². The monoisotopic (exact) mass is 242 g/mol. The van der Waals surface area contributed by atoms with Crippen molar-refractivity contribution < 1.29 is 14.6 Å². The van der Waals surface area contributed by atoms with E-state index >= 15 is 0 Å². The number of carboxylic acid groups (broad SMARTS) is 1. The standard InChI is InChI=1S/C15H14O3/c1-15(14(16)17,12-8-4-2-5-9-12)18-13-10-6-3-7-11-13/h2-11H,1H3,(H,16,17)/t15-/m1/s1. The normalized spacial score (nSPS) is 13.6. The Balaban J connectivity index is 2.37. The molecule has 2 aromatic carbocycles. The molecule has 0 aromatic heterocycles. The van der Waals surface area contributed by atoms with Crippen molar-refractivity contribution in [1.29, 1.82) is 0 Å². The van der Waals surface area contributed by atoms with Crippen LogP contribution in [-0.2, 0) is 10.4 Å². The van der Waals surface area contributed by atoms with Gasteiger partial charge in [-0.3, -0.25) is 0 Å². The summed E-state index contributed by atoms with van der Waals surface area (Å²) in [6.07, 6.45) is 0. The number of benzene rings is 2. The Bertz CT molecular complexity index is 522. The molecule has 0 aliphatic carbocycles. The fourth-order valence-corrected chi connectivity index (χ4v) is 1.71. The van der Waals surface area contributed by atoms with E-state index in [4.69, 9.17) is 4.74 Å². The van der Waals surface area contributed by atoms with Gasteiger partial charge in [0, 0.05) is 5.56 Å². The van der Waals surface area contributed by atoms with Crippen molar-refractivity contribution in [1.82, 2.24) is 0 Å². The van der Waals surface area contributed by atoms with Crippen LogP contribution < -0.4 is 4.74 Å². The number of hydrogen-bond donors (Lipinski definition) is 1. The third kappa shape index (κ3) is 2.35. The largest absolute Gasteiger partial charge is 0.478 e. The lowest BCUT2D eigenvalue weighted by atomic mass is 9.96. The maximum absolute atomic E-state index is 11.5. The lowest BCUT2D eigenvalue weighted by Crippen LogP contribution is -2.38. The molecule has 0 heterocycles. The van der Waals surface area contributed by atoms with Crippen LogP contribution in [0.2, 0.25) is 0 Å². The van der Waals surface area contributed by atoms with E-state index in [1.54, 1.807) is 43.3 Å². The Kier molecular flexibility index (Phi) is 3.33. The van der Waals surface area contributed by atoms with E-state index in [0.717, 1.165) is 0 Å². The van der Waals surface area contributed by atoms with Crippen LogP contribution in [0.4, 0.5) is 0 Å². The van der Waals surface area contributed by atoms with Crippen LogP contribution in [0.15, 0.2) is 60.7 Å². The summed E-state index contributed by atoms with van der Waals surface area (Å²) in [5.41, 5.74) is -0.774. The molecule has 2 rings (SSSR count). The van der Waals surface area contributed by atoms with E-state index < -0.39 is 11.6 Å². The molecule has 0 amide bonds. The average molecular weight is 242 g/mol. The molecule has 0 fully saturated rings. The zero-order valence-electron chi connectivity index (χ0n) is 10.0. The lowest BCUT2D eigenvalue weighted by Gasteiger charge is -2.26. The predicted molar refractivity (Wildman–Crippen MR) is 68.5 cm³/mol. The summed E-state index contributed by atoms with van der Waals surface area (Å²) < 4.78 is 5.65. The first kappa shape index (κ1) is 12.2. The van der Waals surface area contributed by atoms with E-state index in [1.165, 1.54) is 0 Å². The third-order valence-electron chi connectivity index (χ3n) is 2.80. The predicted octanol–water partition coefficient (Wildman–Crippen LogP) is 3.07. The first-order chi connectivity index (χ1) is 8.63. The lowest BCUT2D eigenvalue weighted by molar-refractivity contribution is -0.154. The second-order valence-corrected chi connectivity index (χ2v) is 4.12. The topological polar surface area (TPSA) is 46.5 Å². The molecule has 1 atom stereocenters. The van der Waals surface area contributed by atoms with Crippen LogP contribution in [0.3, 0.4) is 0 Å². The molecule has 0 unspecified atom stereocenters. The van der Waals surface area contributed by atoms with E-state index in [2.05, 4.69) is 0 Å². The summed E-state index contributed by atoms with van der Waals surface area (Å²) >= 11 is 0. The highest BCUT2D eigenvalue weighted by molar-refractivity contribution is 5.79. The maximum atomic E-state index is 11.5. The summed E-state index contributed by atoms with van der Waals surface area (Å²) in [5.74, 6) is -0.483. The van der Waals surface area contributed by atoms with Crippen LogP contribution in [0, 0.1) is 0 Å². The van der Waals surface area contributed by atoms with Crippen LogP contribution in [0.5, 0.6) is 5.75 Å². The summed E-state index contributed by atoms with van der Waals surface area (Å²) in [4.78, 5) is 11.5. The number of carbonyl (C=O) groups is 1. The van der Waals surface area contributed by atoms with E-state index in [0.29, 0.717) is 11.3 Å². The van der Waals surface area contributed by atoms with Crippen molar-refractivity contribution in [2.24, 2.45) is 0 Å². The Morgan fingerprint density at radius 1 is 1.00 bits per heavy atom. The molecule has 0 aliphatic heterocycles. The van der Waals surface area contributed by atoms with E-state index in [9.17, 15) is 9.90 Å². The zero-order valence-corrected chi connectivity index (χ0v) is 10.0. The zero-order chi connectivity index (χ0) is 13.0. The minimum atomic E-state index is -1.39. The van der Waals surface area contributed by atoms with E-state index in [-0.39, 0.29) is 0 Å². The third-order valence-corrected chi connectivity index (χ3v) is 2.80. The highest BCUT2D eigenvalue weighted by atomic mass is 16.5. The van der Waals surface area contributed by atoms with Gasteiger partial charge in [0.1, 0.15) is 5.75 Å². The number of para-hydroxylation sites is 1. The van der Waals surface area contributed by atoms with Gasteiger partial charge in [0.15, 0.2) is 0 Å². The molecule has 92 valence electrons. The minimum Gasteiger partial charge on any atom is -0.478 e. The number of ether oxygens (including phenoxy) is 1. The van der Waals surface area contributed by atoms with Crippen LogP contribution in [-0.4, -0.2) is 11.1 Å². The van der Waals surface area contributed by atoms with Crippen molar-refractivity contribution in [3.8, 4) is 5.75 Å². The second-order valence-electron chi connectivity index (χ2n) is 4.12. The molecule has 0 saturated carbocycles. The van der Waals surface area contributed by atoms with Gasteiger partial charge in [0.2, 0.25) is 5.60 Å². The molecule has 18 heavy (non-hydrogen) atoms. The van der Waals surface area contributed by atoms with Crippen LogP contribution >= 0.6 is 0 Å². The molecular formula is C15H14O3. The van der Waals surface area contributed by atoms with Crippen LogP contribution in [0.1, 0.15) is 12.5 Å². The quantitative estimate of drug-likeness (QED) is 0.896. The van der Waals surface area contributed by atoms with Crippen molar-refractivity contribution >= 4 is 5.97 Å². The minimum absolute atomic E-state index is 0.534. The number of hydrogen-bond acceptors (Lipinski definition) is 2. The van der Waals surface area contributed by atoms with Gasteiger partial charge < -0.3 is 9.84 Å². The highest BCUT2D eigenvalue weighted by Gasteiger charge is 2.37. The Labute approximate surface area is 106 Å². The molecule has 3 nitrogen and oxygen atoms in total. The first-order valence-corrected chi connectivity index (χ1v) is 5.66. The van der Waals surface area contributed by atoms with Gasteiger partial charge in [-0.25, -0.2) is 4.79 Å². The highest BCUT2D eigenvalue weighted by Crippen LogP contribution is 2.28. The number of rotatable bonds is 4. The van der Waals surface area contributed by atoms with Gasteiger partial charge in [-0.1, -0.05) is 48.5 Å². The van der Waals surface area contributed by atoms with Crippen molar-refractivity contribution in [3.63, 3.8) is 0 Å². The van der Waals surface area contributed by atoms with E-state index in [1.807, 2.05) is 24.3 Å². The summed E-state index contributed by atoms with van der Waals surface area (Å²) in [6, 6.07) is 17.9. The SMILES string of the molecule is C[C@](Oc1ccccc1)(C(=O)O)c1ccccc1. The fraction of sp³-hybridized carbons (Fsp3) is 0.133. The first-order valence-electron chi connectivity index (χ1n) is 5.66. The Hall–Kier alpha value is -2.29. The Morgan fingerprint density at radius 2 is 1.50 bits per heavy atom. The summed E-state index contributed by atoms with van der Waals surface area (Å²) in [6.45, 7) is 1.55. The number of carboxylic acids is 1. The molecule has 2 aromatic rings. The van der Waals surface area contributed by atoms with Crippen LogP contribution in [0.25, 0.3) is 0 Å².